The maximum Gasteiger partial charge on any atom is 0.127 e. The lowest BCUT2D eigenvalue weighted by atomic mass is 10.0. The van der Waals surface area contributed by atoms with Crippen molar-refractivity contribution in [2.45, 2.75) is 57.9 Å². The number of imidazole rings is 1. The van der Waals surface area contributed by atoms with E-state index in [1.165, 1.54) is 43.2 Å². The normalized spacial score (nSPS) is 17.9. The SMILES string of the molecule is Cc1ccc2c(c1)nc(C(C)Cl)n2CCC1CCCC1. The van der Waals surface area contributed by atoms with Gasteiger partial charge in [-0.05, 0) is 43.9 Å². The molecule has 0 amide bonds. The molecule has 1 saturated carbocycles. The van der Waals surface area contributed by atoms with Gasteiger partial charge in [0.25, 0.3) is 0 Å². The maximum absolute atomic E-state index is 6.33. The van der Waals surface area contributed by atoms with Gasteiger partial charge in [-0.25, -0.2) is 4.98 Å². The van der Waals surface area contributed by atoms with Crippen LogP contribution < -0.4 is 0 Å². The van der Waals surface area contributed by atoms with Gasteiger partial charge < -0.3 is 4.57 Å². The van der Waals surface area contributed by atoms with Gasteiger partial charge in [0.1, 0.15) is 5.82 Å². The molecule has 1 unspecified atom stereocenters. The highest BCUT2D eigenvalue weighted by molar-refractivity contribution is 6.20. The molecule has 1 aromatic heterocycles. The van der Waals surface area contributed by atoms with Gasteiger partial charge >= 0.3 is 0 Å². The molecule has 2 aromatic rings. The minimum absolute atomic E-state index is 0.0358. The molecular formula is C17H23ClN2. The maximum atomic E-state index is 6.33. The summed E-state index contributed by atoms with van der Waals surface area (Å²) in [6.07, 6.45) is 6.88. The van der Waals surface area contributed by atoms with Crippen LogP contribution in [-0.4, -0.2) is 9.55 Å². The fraction of sp³-hybridized carbons (Fsp3) is 0.588. The lowest BCUT2D eigenvalue weighted by Gasteiger charge is -2.13. The molecule has 1 aliphatic rings. The number of rotatable bonds is 4. The molecular weight excluding hydrogens is 268 g/mol. The van der Waals surface area contributed by atoms with Crippen molar-refractivity contribution in [2.75, 3.05) is 0 Å². The monoisotopic (exact) mass is 290 g/mol. The van der Waals surface area contributed by atoms with Crippen LogP contribution in [0.15, 0.2) is 18.2 Å². The second kappa shape index (κ2) is 5.77. The lowest BCUT2D eigenvalue weighted by Crippen LogP contribution is -2.08. The first-order valence-electron chi connectivity index (χ1n) is 7.76. The van der Waals surface area contributed by atoms with Crippen LogP contribution in [-0.2, 0) is 6.54 Å². The van der Waals surface area contributed by atoms with Crippen LogP contribution >= 0.6 is 11.6 Å². The molecule has 1 fully saturated rings. The molecule has 1 aliphatic carbocycles. The first-order valence-corrected chi connectivity index (χ1v) is 8.19. The zero-order valence-electron chi connectivity index (χ0n) is 12.4. The second-order valence-corrected chi connectivity index (χ2v) is 6.82. The Morgan fingerprint density at radius 1 is 1.35 bits per heavy atom. The Kier molecular flexibility index (Phi) is 4.02. The van der Waals surface area contributed by atoms with Gasteiger partial charge in [-0.1, -0.05) is 31.7 Å². The van der Waals surface area contributed by atoms with Crippen molar-refractivity contribution in [2.24, 2.45) is 5.92 Å². The van der Waals surface area contributed by atoms with Crippen LogP contribution in [0.5, 0.6) is 0 Å². The smallest absolute Gasteiger partial charge is 0.127 e. The zero-order chi connectivity index (χ0) is 14.1. The molecule has 0 saturated heterocycles. The summed E-state index contributed by atoms with van der Waals surface area (Å²) in [6.45, 7) is 5.18. The Labute approximate surface area is 126 Å². The molecule has 0 radical (unpaired) electrons. The molecule has 1 atom stereocenters. The lowest BCUT2D eigenvalue weighted by molar-refractivity contribution is 0.456. The van der Waals surface area contributed by atoms with E-state index in [0.717, 1.165) is 23.8 Å². The molecule has 1 aromatic carbocycles. The summed E-state index contributed by atoms with van der Waals surface area (Å²) in [7, 11) is 0. The molecule has 2 nitrogen and oxygen atoms in total. The van der Waals surface area contributed by atoms with E-state index in [2.05, 4.69) is 29.7 Å². The Balaban J connectivity index is 1.91. The van der Waals surface area contributed by atoms with Crippen molar-refractivity contribution >= 4 is 22.6 Å². The predicted molar refractivity (Wildman–Crippen MR) is 85.3 cm³/mol. The van der Waals surface area contributed by atoms with Gasteiger partial charge in [-0.15, -0.1) is 11.6 Å². The number of aromatic nitrogens is 2. The van der Waals surface area contributed by atoms with E-state index in [1.54, 1.807) is 0 Å². The van der Waals surface area contributed by atoms with Gasteiger partial charge in [0, 0.05) is 6.54 Å². The third-order valence-corrected chi connectivity index (χ3v) is 4.72. The van der Waals surface area contributed by atoms with Crippen LogP contribution in [0.3, 0.4) is 0 Å². The minimum Gasteiger partial charge on any atom is -0.327 e. The van der Waals surface area contributed by atoms with Crippen LogP contribution in [0.1, 0.15) is 55.8 Å². The van der Waals surface area contributed by atoms with Gasteiger partial charge in [-0.3, -0.25) is 0 Å². The van der Waals surface area contributed by atoms with Crippen LogP contribution in [0, 0.1) is 12.8 Å². The highest BCUT2D eigenvalue weighted by atomic mass is 35.5. The molecule has 3 heteroatoms. The number of alkyl halides is 1. The van der Waals surface area contributed by atoms with E-state index in [9.17, 15) is 0 Å². The standard InChI is InChI=1S/C17H23ClN2/c1-12-7-8-16-15(11-12)19-17(13(2)18)20(16)10-9-14-5-3-4-6-14/h7-8,11,13-14H,3-6,9-10H2,1-2H3. The average molecular weight is 291 g/mol. The molecule has 0 spiro atoms. The summed E-state index contributed by atoms with van der Waals surface area (Å²) >= 11 is 6.33. The zero-order valence-corrected chi connectivity index (χ0v) is 13.2. The van der Waals surface area contributed by atoms with Crippen molar-refractivity contribution in [1.82, 2.24) is 9.55 Å². The molecule has 108 valence electrons. The summed E-state index contributed by atoms with van der Waals surface area (Å²) in [5.74, 6) is 1.92. The van der Waals surface area contributed by atoms with Crippen LogP contribution in [0.25, 0.3) is 11.0 Å². The topological polar surface area (TPSA) is 17.8 Å². The Hall–Kier alpha value is -1.02. The number of nitrogens with zero attached hydrogens (tertiary/aromatic N) is 2. The van der Waals surface area contributed by atoms with E-state index < -0.39 is 0 Å². The van der Waals surface area contributed by atoms with Crippen LogP contribution in [0.4, 0.5) is 0 Å². The highest BCUT2D eigenvalue weighted by Crippen LogP contribution is 2.30. The van der Waals surface area contributed by atoms with E-state index in [4.69, 9.17) is 16.6 Å². The summed E-state index contributed by atoms with van der Waals surface area (Å²) in [5.41, 5.74) is 3.57. The Morgan fingerprint density at radius 3 is 2.80 bits per heavy atom. The van der Waals surface area contributed by atoms with Crippen molar-refractivity contribution in [1.29, 1.82) is 0 Å². The van der Waals surface area contributed by atoms with E-state index in [1.807, 2.05) is 6.92 Å². The summed E-state index contributed by atoms with van der Waals surface area (Å²) in [4.78, 5) is 4.75. The van der Waals surface area contributed by atoms with Gasteiger partial charge in [0.15, 0.2) is 0 Å². The summed E-state index contributed by atoms with van der Waals surface area (Å²) in [6, 6.07) is 6.51. The predicted octanol–water partition coefficient (Wildman–Crippen LogP) is 5.22. The van der Waals surface area contributed by atoms with Crippen molar-refractivity contribution in [3.8, 4) is 0 Å². The molecule has 1 heterocycles. The number of halogens is 1. The fourth-order valence-corrected chi connectivity index (χ4v) is 3.57. The van der Waals surface area contributed by atoms with Gasteiger partial charge in [-0.2, -0.15) is 0 Å². The third kappa shape index (κ3) is 2.71. The summed E-state index contributed by atoms with van der Waals surface area (Å²) < 4.78 is 2.34. The number of benzene rings is 1. The first-order chi connectivity index (χ1) is 9.65. The molecule has 3 rings (SSSR count). The van der Waals surface area contributed by atoms with Crippen LogP contribution in [0.2, 0.25) is 0 Å². The summed E-state index contributed by atoms with van der Waals surface area (Å²) in [5, 5.41) is -0.0358. The van der Waals surface area contributed by atoms with Gasteiger partial charge in [0.2, 0.25) is 0 Å². The van der Waals surface area contributed by atoms with Crippen molar-refractivity contribution in [3.63, 3.8) is 0 Å². The first kappa shape index (κ1) is 13.9. The Bertz CT molecular complexity index is 594. The number of hydrogen-bond acceptors (Lipinski definition) is 1. The largest absolute Gasteiger partial charge is 0.327 e. The van der Waals surface area contributed by atoms with E-state index in [0.29, 0.717) is 0 Å². The molecule has 0 aliphatic heterocycles. The quantitative estimate of drug-likeness (QED) is 0.706. The third-order valence-electron chi connectivity index (χ3n) is 4.52. The van der Waals surface area contributed by atoms with E-state index >= 15 is 0 Å². The minimum atomic E-state index is -0.0358. The fourth-order valence-electron chi connectivity index (χ4n) is 3.41. The van der Waals surface area contributed by atoms with Crippen molar-refractivity contribution in [3.05, 3.63) is 29.6 Å². The number of hydrogen-bond donors (Lipinski definition) is 0. The van der Waals surface area contributed by atoms with E-state index in [-0.39, 0.29) is 5.38 Å². The van der Waals surface area contributed by atoms with Gasteiger partial charge in [0.05, 0.1) is 16.4 Å². The number of fused-ring (bicyclic) bond motifs is 1. The second-order valence-electron chi connectivity index (χ2n) is 6.17. The molecule has 0 bridgehead atoms. The number of aryl methyl sites for hydroxylation is 2. The average Bonchev–Trinajstić information content (AvgIpc) is 3.02. The Morgan fingerprint density at radius 2 is 2.10 bits per heavy atom. The van der Waals surface area contributed by atoms with Crippen molar-refractivity contribution < 1.29 is 0 Å². The molecule has 0 N–H and O–H groups in total. The highest BCUT2D eigenvalue weighted by Gasteiger charge is 2.18. The molecule has 20 heavy (non-hydrogen) atoms.